The van der Waals surface area contributed by atoms with Crippen LogP contribution in [0.3, 0.4) is 0 Å². The molecule has 6 heteroatoms. The monoisotopic (exact) mass is 306 g/mol. The van der Waals surface area contributed by atoms with E-state index in [0.717, 1.165) is 25.9 Å². The van der Waals surface area contributed by atoms with E-state index in [9.17, 15) is 8.78 Å². The van der Waals surface area contributed by atoms with Gasteiger partial charge in [-0.25, -0.2) is 0 Å². The summed E-state index contributed by atoms with van der Waals surface area (Å²) < 4.78 is 29.0. The van der Waals surface area contributed by atoms with E-state index in [1.807, 2.05) is 14.1 Å². The maximum atomic E-state index is 12.3. The molecule has 0 saturated heterocycles. The third-order valence-corrected chi connectivity index (χ3v) is 3.00. The van der Waals surface area contributed by atoms with E-state index in [1.165, 1.54) is 6.07 Å². The lowest BCUT2D eigenvalue weighted by Gasteiger charge is -2.12. The van der Waals surface area contributed by atoms with Crippen molar-refractivity contribution in [2.45, 2.75) is 26.0 Å². The van der Waals surface area contributed by atoms with Gasteiger partial charge in [0.1, 0.15) is 5.75 Å². The molecule has 1 aromatic rings. The van der Waals surface area contributed by atoms with Crippen LogP contribution >= 0.6 is 11.6 Å². The van der Waals surface area contributed by atoms with Gasteiger partial charge in [-0.05, 0) is 58.2 Å². The van der Waals surface area contributed by atoms with E-state index in [0.29, 0.717) is 17.1 Å². The molecule has 0 saturated carbocycles. The lowest BCUT2D eigenvalue weighted by atomic mass is 10.2. The summed E-state index contributed by atoms with van der Waals surface area (Å²) in [5.41, 5.74) is 0.644. The summed E-state index contributed by atoms with van der Waals surface area (Å²) in [4.78, 5) is 2.13. The van der Waals surface area contributed by atoms with Crippen LogP contribution in [0.2, 0.25) is 5.02 Å². The zero-order valence-electron chi connectivity index (χ0n) is 11.8. The molecule has 0 unspecified atom stereocenters. The number of hydrogen-bond acceptors (Lipinski definition) is 3. The number of unbranched alkanes of at least 4 members (excludes halogenated alkanes) is 1. The topological polar surface area (TPSA) is 24.5 Å². The molecule has 0 heterocycles. The molecule has 114 valence electrons. The minimum Gasteiger partial charge on any atom is -0.434 e. The van der Waals surface area contributed by atoms with Gasteiger partial charge in [0.25, 0.3) is 0 Å². The Balaban J connectivity index is 2.40. The highest BCUT2D eigenvalue weighted by Gasteiger charge is 2.09. The predicted molar refractivity (Wildman–Crippen MR) is 77.6 cm³/mol. The van der Waals surface area contributed by atoms with Gasteiger partial charge in [0.2, 0.25) is 0 Å². The number of hydrogen-bond donors (Lipinski definition) is 1. The molecule has 0 aliphatic carbocycles. The molecule has 1 N–H and O–H groups in total. The van der Waals surface area contributed by atoms with Crippen LogP contribution in [0.1, 0.15) is 18.4 Å². The lowest BCUT2D eigenvalue weighted by molar-refractivity contribution is -0.0504. The van der Waals surface area contributed by atoms with Crippen molar-refractivity contribution in [3.05, 3.63) is 28.8 Å². The Labute approximate surface area is 123 Å². The summed E-state index contributed by atoms with van der Waals surface area (Å²) in [6, 6.07) is 4.66. The van der Waals surface area contributed by atoms with Crippen molar-refractivity contribution >= 4 is 11.6 Å². The number of nitrogens with one attached hydrogen (secondary N) is 1. The van der Waals surface area contributed by atoms with Gasteiger partial charge in [0.15, 0.2) is 0 Å². The number of halogens is 3. The maximum absolute atomic E-state index is 12.3. The van der Waals surface area contributed by atoms with Gasteiger partial charge >= 0.3 is 6.61 Å². The fraction of sp³-hybridized carbons (Fsp3) is 0.571. The average Bonchev–Trinajstić information content (AvgIpc) is 2.35. The summed E-state index contributed by atoms with van der Waals surface area (Å²) in [7, 11) is 4.07. The van der Waals surface area contributed by atoms with E-state index >= 15 is 0 Å². The average molecular weight is 307 g/mol. The summed E-state index contributed by atoms with van der Waals surface area (Å²) in [6.45, 7) is -0.493. The van der Waals surface area contributed by atoms with Crippen LogP contribution in [-0.4, -0.2) is 38.7 Å². The first-order valence-corrected chi connectivity index (χ1v) is 6.95. The second-order valence-corrected chi connectivity index (χ2v) is 5.25. The second kappa shape index (κ2) is 9.10. The molecule has 20 heavy (non-hydrogen) atoms. The standard InChI is InChI=1S/C14H21ClF2N2O/c1-19(2)8-4-3-7-18-10-11-9-12(15)5-6-13(11)20-14(16)17/h5-6,9,14,18H,3-4,7-8,10H2,1-2H3. The van der Waals surface area contributed by atoms with E-state index < -0.39 is 6.61 Å². The molecule has 1 aromatic carbocycles. The van der Waals surface area contributed by atoms with Gasteiger partial charge in [0, 0.05) is 17.1 Å². The quantitative estimate of drug-likeness (QED) is 0.708. The van der Waals surface area contributed by atoms with Gasteiger partial charge in [-0.1, -0.05) is 11.6 Å². The molecule has 0 aliphatic rings. The summed E-state index contributed by atoms with van der Waals surface area (Å²) >= 11 is 5.87. The van der Waals surface area contributed by atoms with E-state index in [-0.39, 0.29) is 5.75 Å². The fourth-order valence-corrected chi connectivity index (χ4v) is 1.99. The molecule has 0 bridgehead atoms. The molecule has 0 aromatic heterocycles. The van der Waals surface area contributed by atoms with Crippen LogP contribution in [0.5, 0.6) is 5.75 Å². The first-order chi connectivity index (χ1) is 9.49. The lowest BCUT2D eigenvalue weighted by Crippen LogP contribution is -2.18. The van der Waals surface area contributed by atoms with Crippen LogP contribution in [0.4, 0.5) is 8.78 Å². The van der Waals surface area contributed by atoms with Crippen molar-refractivity contribution in [1.82, 2.24) is 10.2 Å². The fourth-order valence-electron chi connectivity index (χ4n) is 1.80. The number of nitrogens with zero attached hydrogens (tertiary/aromatic N) is 1. The van der Waals surface area contributed by atoms with Gasteiger partial charge in [-0.2, -0.15) is 8.78 Å². The Morgan fingerprint density at radius 1 is 1.30 bits per heavy atom. The number of ether oxygens (including phenoxy) is 1. The molecule has 0 aliphatic heterocycles. The van der Waals surface area contributed by atoms with Crippen molar-refractivity contribution in [2.24, 2.45) is 0 Å². The molecule has 0 spiro atoms. The van der Waals surface area contributed by atoms with Gasteiger partial charge < -0.3 is 15.0 Å². The summed E-state index contributed by atoms with van der Waals surface area (Å²) in [5, 5.41) is 3.72. The van der Waals surface area contributed by atoms with Gasteiger partial charge in [-0.3, -0.25) is 0 Å². The summed E-state index contributed by atoms with van der Waals surface area (Å²) in [5.74, 6) is 0.171. The number of rotatable bonds is 9. The number of alkyl halides is 2. The van der Waals surface area contributed by atoms with Crippen LogP contribution < -0.4 is 10.1 Å². The van der Waals surface area contributed by atoms with E-state index in [1.54, 1.807) is 12.1 Å². The second-order valence-electron chi connectivity index (χ2n) is 4.82. The van der Waals surface area contributed by atoms with E-state index in [2.05, 4.69) is 15.0 Å². The van der Waals surface area contributed by atoms with Crippen LogP contribution in [0, 0.1) is 0 Å². The molecule has 0 radical (unpaired) electrons. The maximum Gasteiger partial charge on any atom is 0.387 e. The first kappa shape index (κ1) is 17.1. The van der Waals surface area contributed by atoms with Crippen molar-refractivity contribution in [3.63, 3.8) is 0 Å². The SMILES string of the molecule is CN(C)CCCCNCc1cc(Cl)ccc1OC(F)F. The minimum absolute atomic E-state index is 0.171. The molecule has 3 nitrogen and oxygen atoms in total. The highest BCUT2D eigenvalue weighted by Crippen LogP contribution is 2.24. The van der Waals surface area contributed by atoms with Gasteiger partial charge in [-0.15, -0.1) is 0 Å². The first-order valence-electron chi connectivity index (χ1n) is 6.57. The molecule has 1 rings (SSSR count). The Morgan fingerprint density at radius 2 is 2.05 bits per heavy atom. The van der Waals surface area contributed by atoms with Gasteiger partial charge in [0.05, 0.1) is 0 Å². The zero-order valence-corrected chi connectivity index (χ0v) is 12.6. The van der Waals surface area contributed by atoms with E-state index in [4.69, 9.17) is 11.6 Å². The van der Waals surface area contributed by atoms with Crippen molar-refractivity contribution in [1.29, 1.82) is 0 Å². The van der Waals surface area contributed by atoms with Crippen molar-refractivity contribution in [2.75, 3.05) is 27.2 Å². The Bertz CT molecular complexity index is 403. The van der Waals surface area contributed by atoms with Crippen LogP contribution in [-0.2, 0) is 6.54 Å². The highest BCUT2D eigenvalue weighted by atomic mass is 35.5. The molecule has 0 amide bonds. The smallest absolute Gasteiger partial charge is 0.387 e. The summed E-state index contributed by atoms with van der Waals surface area (Å²) in [6.07, 6.45) is 2.12. The molecule has 0 fully saturated rings. The minimum atomic E-state index is -2.82. The zero-order chi connectivity index (χ0) is 15.0. The molecular formula is C14H21ClF2N2O. The third kappa shape index (κ3) is 7.03. The highest BCUT2D eigenvalue weighted by molar-refractivity contribution is 6.30. The largest absolute Gasteiger partial charge is 0.434 e. The third-order valence-electron chi connectivity index (χ3n) is 2.76. The van der Waals surface area contributed by atoms with Crippen LogP contribution in [0.25, 0.3) is 0 Å². The number of benzene rings is 1. The van der Waals surface area contributed by atoms with Crippen molar-refractivity contribution < 1.29 is 13.5 Å². The van der Waals surface area contributed by atoms with Crippen molar-refractivity contribution in [3.8, 4) is 5.75 Å². The Hall–Kier alpha value is -0.910. The molecule has 0 atom stereocenters. The normalized spacial score (nSPS) is 11.3. The molecular weight excluding hydrogens is 286 g/mol. The van der Waals surface area contributed by atoms with Crippen LogP contribution in [0.15, 0.2) is 18.2 Å². The Morgan fingerprint density at radius 3 is 2.70 bits per heavy atom. The predicted octanol–water partition coefficient (Wildman–Crippen LogP) is 3.37. The Kier molecular flexibility index (Phi) is 7.80.